The number of fused-ring (bicyclic) bond motifs is 3. The highest BCUT2D eigenvalue weighted by molar-refractivity contribution is 7.16. The molecule has 2 aliphatic rings. The van der Waals surface area contributed by atoms with Gasteiger partial charge in [0.25, 0.3) is 5.91 Å². The summed E-state index contributed by atoms with van der Waals surface area (Å²) < 4.78 is 5.46. The molecule has 4 N–H and O–H groups in total. The molecule has 0 spiro atoms. The van der Waals surface area contributed by atoms with Crippen molar-refractivity contribution in [2.45, 2.75) is 33.0 Å². The number of thiophene rings is 1. The Hall–Kier alpha value is -2.25. The molecule has 0 saturated heterocycles. The molecule has 3 heterocycles. The minimum atomic E-state index is -0.467. The van der Waals surface area contributed by atoms with Crippen molar-refractivity contribution in [1.29, 1.82) is 0 Å². The van der Waals surface area contributed by atoms with E-state index in [4.69, 9.17) is 4.74 Å². The number of carbonyl (C=O) groups is 1. The van der Waals surface area contributed by atoms with Crippen LogP contribution < -0.4 is 20.3 Å². The van der Waals surface area contributed by atoms with E-state index in [0.29, 0.717) is 17.9 Å². The van der Waals surface area contributed by atoms with Crippen LogP contribution in [-0.4, -0.2) is 30.7 Å². The number of anilines is 1. The van der Waals surface area contributed by atoms with Crippen molar-refractivity contribution in [1.82, 2.24) is 5.32 Å². The van der Waals surface area contributed by atoms with Crippen molar-refractivity contribution in [2.24, 2.45) is 0 Å². The molecule has 0 aliphatic carbocycles. The highest BCUT2D eigenvalue weighted by Crippen LogP contribution is 2.41. The molecule has 1 aromatic carbocycles. The monoisotopic (exact) mass is 374 g/mol. The van der Waals surface area contributed by atoms with Gasteiger partial charge in [0, 0.05) is 12.0 Å². The summed E-state index contributed by atoms with van der Waals surface area (Å²) in [6, 6.07) is 5.35. The number of hydrogen-bond acceptors (Lipinski definition) is 5. The van der Waals surface area contributed by atoms with Crippen LogP contribution in [0.15, 0.2) is 18.2 Å². The lowest BCUT2D eigenvalue weighted by molar-refractivity contribution is -0.913. The summed E-state index contributed by atoms with van der Waals surface area (Å²) in [6.07, 6.45) is 0.472. The minimum Gasteiger partial charge on any atom is -0.504 e. The van der Waals surface area contributed by atoms with E-state index < -0.39 is 6.17 Å². The van der Waals surface area contributed by atoms with Crippen LogP contribution in [0.1, 0.15) is 46.4 Å². The van der Waals surface area contributed by atoms with E-state index in [1.807, 2.05) is 13.0 Å². The Bertz CT molecular complexity index is 849. The van der Waals surface area contributed by atoms with Gasteiger partial charge in [-0.25, -0.2) is 0 Å². The zero-order valence-electron chi connectivity index (χ0n) is 15.0. The number of aromatic hydroxyl groups is 1. The number of phenolic OH excluding ortho intramolecular Hbond substituents is 1. The van der Waals surface area contributed by atoms with Crippen molar-refractivity contribution in [3.8, 4) is 11.5 Å². The van der Waals surface area contributed by atoms with Crippen LogP contribution >= 0.6 is 11.3 Å². The molecule has 1 aromatic heterocycles. The van der Waals surface area contributed by atoms with Gasteiger partial charge in [0.15, 0.2) is 11.5 Å². The van der Waals surface area contributed by atoms with E-state index in [1.54, 1.807) is 28.4 Å². The van der Waals surface area contributed by atoms with Crippen molar-refractivity contribution < 1.29 is 19.5 Å². The van der Waals surface area contributed by atoms with Gasteiger partial charge in [0.1, 0.15) is 17.7 Å². The highest BCUT2D eigenvalue weighted by atomic mass is 32.1. The van der Waals surface area contributed by atoms with Crippen LogP contribution in [0.2, 0.25) is 0 Å². The lowest BCUT2D eigenvalue weighted by atomic mass is 10.00. The second-order valence-electron chi connectivity index (χ2n) is 6.67. The van der Waals surface area contributed by atoms with Gasteiger partial charge < -0.3 is 25.4 Å². The van der Waals surface area contributed by atoms with Gasteiger partial charge in [-0.05, 0) is 25.5 Å². The quantitative estimate of drug-likeness (QED) is 0.657. The molecule has 2 atom stereocenters. The van der Waals surface area contributed by atoms with Crippen LogP contribution in [0.25, 0.3) is 0 Å². The fraction of sp³-hybridized carbons (Fsp3) is 0.421. The van der Waals surface area contributed by atoms with Gasteiger partial charge in [0.05, 0.1) is 30.1 Å². The van der Waals surface area contributed by atoms with Crippen molar-refractivity contribution >= 4 is 22.2 Å². The normalized spacial score (nSPS) is 21.4. The summed E-state index contributed by atoms with van der Waals surface area (Å²) in [5.41, 5.74) is 2.59. The predicted octanol–water partition coefficient (Wildman–Crippen LogP) is 1.67. The summed E-state index contributed by atoms with van der Waals surface area (Å²) >= 11 is 1.67. The van der Waals surface area contributed by atoms with Crippen LogP contribution in [0.3, 0.4) is 0 Å². The van der Waals surface area contributed by atoms with Gasteiger partial charge in [-0.3, -0.25) is 4.79 Å². The molecule has 2 aliphatic heterocycles. The standard InChI is InChI=1S/C19H23N3O3S/c1-3-22-9-8-11-14(10-22)26-19-15(11)18(24)20-17(21-19)12-6-5-7-13(16(12)23)25-4-2/h5-7,17,21,23H,3-4,8-10H2,1-2H3,(H,20,24)/p+1/t17-/m1/s1. The van der Waals surface area contributed by atoms with E-state index in [-0.39, 0.29) is 11.7 Å². The average molecular weight is 374 g/mol. The minimum absolute atomic E-state index is 0.0672. The van der Waals surface area contributed by atoms with E-state index in [2.05, 4.69) is 17.6 Å². The Balaban J connectivity index is 1.66. The number of para-hydroxylation sites is 1. The maximum Gasteiger partial charge on any atom is 0.256 e. The molecule has 2 aromatic rings. The first-order valence-corrected chi connectivity index (χ1v) is 9.94. The van der Waals surface area contributed by atoms with Crippen LogP contribution in [-0.2, 0) is 13.0 Å². The molecule has 7 heteroatoms. The van der Waals surface area contributed by atoms with Crippen molar-refractivity contribution in [2.75, 3.05) is 25.0 Å². The maximum atomic E-state index is 12.8. The third kappa shape index (κ3) is 2.81. The predicted molar refractivity (Wildman–Crippen MR) is 101 cm³/mol. The number of ether oxygens (including phenoxy) is 1. The first-order valence-electron chi connectivity index (χ1n) is 9.12. The molecular weight excluding hydrogens is 350 g/mol. The molecular formula is C19H24N3O3S+. The first-order chi connectivity index (χ1) is 12.6. The number of benzene rings is 1. The van der Waals surface area contributed by atoms with Crippen LogP contribution in [0, 0.1) is 0 Å². The van der Waals surface area contributed by atoms with Crippen LogP contribution in [0.4, 0.5) is 5.00 Å². The van der Waals surface area contributed by atoms with Gasteiger partial charge in [0.2, 0.25) is 0 Å². The number of quaternary nitrogens is 1. The SMILES string of the molecule is CCOc1cccc([C@@H]2NC(=O)c3c(sc4c3CC[NH+](CC)C4)N2)c1O. The third-order valence-corrected chi connectivity index (χ3v) is 6.31. The van der Waals surface area contributed by atoms with E-state index in [9.17, 15) is 9.90 Å². The first kappa shape index (κ1) is 17.2. The molecule has 0 radical (unpaired) electrons. The van der Waals surface area contributed by atoms with Gasteiger partial charge in [-0.15, -0.1) is 11.3 Å². The molecule has 26 heavy (non-hydrogen) atoms. The van der Waals surface area contributed by atoms with E-state index >= 15 is 0 Å². The summed E-state index contributed by atoms with van der Waals surface area (Å²) in [5.74, 6) is 0.431. The number of carbonyl (C=O) groups excluding carboxylic acids is 1. The van der Waals surface area contributed by atoms with Crippen molar-refractivity contribution in [3.05, 3.63) is 39.8 Å². The number of hydrogen-bond donors (Lipinski definition) is 4. The lowest BCUT2D eigenvalue weighted by Gasteiger charge is -2.28. The molecule has 0 fully saturated rings. The number of rotatable bonds is 4. The number of amides is 1. The molecule has 0 saturated carbocycles. The number of likely N-dealkylation sites (N-methyl/N-ethyl adjacent to an activating group) is 1. The zero-order valence-corrected chi connectivity index (χ0v) is 15.8. The molecule has 0 bridgehead atoms. The smallest absolute Gasteiger partial charge is 0.256 e. The number of nitrogens with one attached hydrogen (secondary N) is 3. The Morgan fingerprint density at radius 3 is 2.96 bits per heavy atom. The Kier molecular flexibility index (Phi) is 4.50. The molecule has 138 valence electrons. The maximum absolute atomic E-state index is 12.8. The third-order valence-electron chi connectivity index (χ3n) is 5.15. The fourth-order valence-corrected chi connectivity index (χ4v) is 5.10. The number of phenols is 1. The van der Waals surface area contributed by atoms with Gasteiger partial charge >= 0.3 is 0 Å². The summed E-state index contributed by atoms with van der Waals surface area (Å²) in [6.45, 7) is 7.69. The van der Waals surface area contributed by atoms with E-state index in [1.165, 1.54) is 10.4 Å². The molecule has 1 amide bonds. The lowest BCUT2D eigenvalue weighted by Crippen LogP contribution is -3.11. The van der Waals surface area contributed by atoms with Gasteiger partial charge in [-0.1, -0.05) is 12.1 Å². The highest BCUT2D eigenvalue weighted by Gasteiger charge is 2.35. The summed E-state index contributed by atoms with van der Waals surface area (Å²) in [7, 11) is 0. The Morgan fingerprint density at radius 2 is 2.19 bits per heavy atom. The Morgan fingerprint density at radius 1 is 1.35 bits per heavy atom. The van der Waals surface area contributed by atoms with Crippen LogP contribution in [0.5, 0.6) is 11.5 Å². The largest absolute Gasteiger partial charge is 0.504 e. The van der Waals surface area contributed by atoms with E-state index in [0.717, 1.165) is 36.6 Å². The second kappa shape index (κ2) is 6.81. The topological polar surface area (TPSA) is 75.0 Å². The zero-order chi connectivity index (χ0) is 18.3. The summed E-state index contributed by atoms with van der Waals surface area (Å²) in [4.78, 5) is 15.7. The fourth-order valence-electron chi connectivity index (χ4n) is 3.75. The second-order valence-corrected chi connectivity index (χ2v) is 7.77. The Labute approximate surface area is 156 Å². The van der Waals surface area contributed by atoms with Crippen molar-refractivity contribution in [3.63, 3.8) is 0 Å². The van der Waals surface area contributed by atoms with Gasteiger partial charge in [-0.2, -0.15) is 0 Å². The summed E-state index contributed by atoms with van der Waals surface area (Å²) in [5, 5.41) is 17.8. The molecule has 4 rings (SSSR count). The molecule has 6 nitrogen and oxygen atoms in total. The molecule has 1 unspecified atom stereocenters. The average Bonchev–Trinajstić information content (AvgIpc) is 3.01.